The van der Waals surface area contributed by atoms with E-state index in [1.807, 2.05) is 13.0 Å². The van der Waals surface area contributed by atoms with Crippen molar-refractivity contribution in [2.45, 2.75) is 6.92 Å². The molecule has 0 aliphatic rings. The minimum absolute atomic E-state index is 0.128. The van der Waals surface area contributed by atoms with Crippen molar-refractivity contribution in [3.8, 4) is 0 Å². The third-order valence-electron chi connectivity index (χ3n) is 2.00. The zero-order valence-electron chi connectivity index (χ0n) is 9.20. The van der Waals surface area contributed by atoms with Crippen LogP contribution in [0.2, 0.25) is 0 Å². The van der Waals surface area contributed by atoms with E-state index >= 15 is 0 Å². The van der Waals surface area contributed by atoms with Crippen LogP contribution >= 0.6 is 12.2 Å². The van der Waals surface area contributed by atoms with Crippen molar-refractivity contribution in [1.29, 1.82) is 0 Å². The molecule has 0 atom stereocenters. The largest absolute Gasteiger partial charge is 0.389 e. The number of aromatic nitrogens is 1. The smallest absolute Gasteiger partial charge is 0.239 e. The Kier molecular flexibility index (Phi) is 4.19. The normalized spacial score (nSPS) is 9.62. The van der Waals surface area contributed by atoms with Gasteiger partial charge in [0.15, 0.2) is 0 Å². The maximum absolute atomic E-state index is 11.1. The quantitative estimate of drug-likeness (QED) is 0.652. The molecular weight excluding hydrogens is 224 g/mol. The van der Waals surface area contributed by atoms with E-state index in [4.69, 9.17) is 18.0 Å². The van der Waals surface area contributed by atoms with Crippen LogP contribution in [0.3, 0.4) is 0 Å². The molecule has 0 aromatic carbocycles. The highest BCUT2D eigenvalue weighted by molar-refractivity contribution is 7.80. The number of hydrogen-bond donors (Lipinski definition) is 3. The summed E-state index contributed by atoms with van der Waals surface area (Å²) in [6, 6.07) is 3.61. The number of thiocarbonyl (C=S) groups is 1. The second kappa shape index (κ2) is 5.41. The summed E-state index contributed by atoms with van der Waals surface area (Å²) in [6.45, 7) is 2.00. The highest BCUT2D eigenvalue weighted by Gasteiger charge is 2.07. The first kappa shape index (κ1) is 12.4. The Morgan fingerprint density at radius 1 is 1.56 bits per heavy atom. The lowest BCUT2D eigenvalue weighted by Crippen LogP contribution is -2.27. The molecule has 1 amide bonds. The number of amides is 1. The summed E-state index contributed by atoms with van der Waals surface area (Å²) in [6.07, 6.45) is 0. The number of hydrogen-bond acceptors (Lipinski definition) is 4. The molecule has 0 aliphatic carbocycles. The fourth-order valence-electron chi connectivity index (χ4n) is 1.14. The molecule has 0 fully saturated rings. The number of rotatable bonds is 4. The Bertz CT molecular complexity index is 419. The van der Waals surface area contributed by atoms with E-state index < -0.39 is 0 Å². The van der Waals surface area contributed by atoms with Crippen LogP contribution in [0.15, 0.2) is 12.1 Å². The molecule has 0 spiro atoms. The molecule has 0 radical (unpaired) electrons. The van der Waals surface area contributed by atoms with Gasteiger partial charge in [-0.25, -0.2) is 4.98 Å². The number of carbonyl (C=O) groups excluding carboxylic acids is 1. The minimum Gasteiger partial charge on any atom is -0.389 e. The number of likely N-dealkylation sites (N-methyl/N-ethyl adjacent to an activating group) is 1. The number of pyridine rings is 1. The number of nitrogens with two attached hydrogens (primary N) is 1. The van der Waals surface area contributed by atoms with Gasteiger partial charge < -0.3 is 16.4 Å². The van der Waals surface area contributed by atoms with Crippen LogP contribution in [0.25, 0.3) is 0 Å². The fourth-order valence-corrected chi connectivity index (χ4v) is 1.31. The molecule has 6 heteroatoms. The van der Waals surface area contributed by atoms with Crippen molar-refractivity contribution in [1.82, 2.24) is 10.3 Å². The lowest BCUT2D eigenvalue weighted by molar-refractivity contribution is -0.118. The van der Waals surface area contributed by atoms with Crippen molar-refractivity contribution in [2.24, 2.45) is 5.73 Å². The molecule has 0 saturated carbocycles. The van der Waals surface area contributed by atoms with Crippen LogP contribution < -0.4 is 16.4 Å². The molecule has 16 heavy (non-hydrogen) atoms. The van der Waals surface area contributed by atoms with Gasteiger partial charge in [-0.2, -0.15) is 0 Å². The van der Waals surface area contributed by atoms with Gasteiger partial charge in [-0.3, -0.25) is 4.79 Å². The lowest BCUT2D eigenvalue weighted by atomic mass is 10.2. The van der Waals surface area contributed by atoms with Gasteiger partial charge in [0.2, 0.25) is 5.91 Å². The third kappa shape index (κ3) is 3.16. The summed E-state index contributed by atoms with van der Waals surface area (Å²) in [4.78, 5) is 15.6. The average Bonchev–Trinajstić information content (AvgIpc) is 2.25. The van der Waals surface area contributed by atoms with Gasteiger partial charge >= 0.3 is 0 Å². The van der Waals surface area contributed by atoms with Gasteiger partial charge in [-0.15, -0.1) is 0 Å². The zero-order valence-corrected chi connectivity index (χ0v) is 10.0. The first-order chi connectivity index (χ1) is 7.54. The maximum atomic E-state index is 11.1. The molecule has 1 aromatic rings. The molecule has 1 heterocycles. The summed E-state index contributed by atoms with van der Waals surface area (Å²) in [5.41, 5.74) is 7.03. The topological polar surface area (TPSA) is 80.0 Å². The summed E-state index contributed by atoms with van der Waals surface area (Å²) in [5.74, 6) is 0.410. The van der Waals surface area contributed by atoms with E-state index in [2.05, 4.69) is 15.6 Å². The fraction of sp³-hybridized carbons (Fsp3) is 0.300. The second-order valence-electron chi connectivity index (χ2n) is 3.24. The molecule has 0 aliphatic heterocycles. The predicted molar refractivity (Wildman–Crippen MR) is 67.4 cm³/mol. The standard InChI is InChI=1S/C10H14N4OS/c1-6-3-4-7(9(11)16)10(14-6)13-5-8(15)12-2/h3-4H,5H2,1-2H3,(H2,11,16)(H,12,15)(H,13,14). The van der Waals surface area contributed by atoms with Crippen molar-refractivity contribution in [3.05, 3.63) is 23.4 Å². The Morgan fingerprint density at radius 3 is 2.81 bits per heavy atom. The molecular formula is C10H14N4OS. The first-order valence-electron chi connectivity index (χ1n) is 4.76. The summed E-state index contributed by atoms with van der Waals surface area (Å²) in [5, 5.41) is 5.40. The van der Waals surface area contributed by atoms with Crippen LogP contribution in [0.5, 0.6) is 0 Å². The van der Waals surface area contributed by atoms with Gasteiger partial charge in [-0.1, -0.05) is 12.2 Å². The van der Waals surface area contributed by atoms with E-state index in [0.29, 0.717) is 11.4 Å². The summed E-state index contributed by atoms with van der Waals surface area (Å²) in [7, 11) is 1.57. The molecule has 4 N–H and O–H groups in total. The molecule has 1 rings (SSSR count). The van der Waals surface area contributed by atoms with Gasteiger partial charge in [-0.05, 0) is 19.1 Å². The lowest BCUT2D eigenvalue weighted by Gasteiger charge is -2.10. The molecule has 1 aromatic heterocycles. The molecule has 86 valence electrons. The van der Waals surface area contributed by atoms with Crippen molar-refractivity contribution in [3.63, 3.8) is 0 Å². The minimum atomic E-state index is -0.128. The van der Waals surface area contributed by atoms with E-state index in [-0.39, 0.29) is 17.4 Å². The molecule has 0 bridgehead atoms. The molecule has 0 saturated heterocycles. The number of aryl methyl sites for hydroxylation is 1. The van der Waals surface area contributed by atoms with E-state index in [1.165, 1.54) is 0 Å². The van der Waals surface area contributed by atoms with Crippen LogP contribution in [0.1, 0.15) is 11.3 Å². The molecule has 5 nitrogen and oxygen atoms in total. The number of carbonyl (C=O) groups is 1. The third-order valence-corrected chi connectivity index (χ3v) is 2.22. The number of nitrogens with one attached hydrogen (secondary N) is 2. The Hall–Kier alpha value is -1.69. The van der Waals surface area contributed by atoms with Crippen LogP contribution in [0, 0.1) is 6.92 Å². The monoisotopic (exact) mass is 238 g/mol. The van der Waals surface area contributed by atoms with Gasteiger partial charge in [0.05, 0.1) is 12.1 Å². The predicted octanol–water partition coefficient (Wildman–Crippen LogP) is 0.182. The van der Waals surface area contributed by atoms with Crippen molar-refractivity contribution >= 4 is 28.9 Å². The zero-order chi connectivity index (χ0) is 12.1. The highest BCUT2D eigenvalue weighted by Crippen LogP contribution is 2.12. The van der Waals surface area contributed by atoms with Crippen LogP contribution in [0.4, 0.5) is 5.82 Å². The van der Waals surface area contributed by atoms with E-state index in [9.17, 15) is 4.79 Å². The Morgan fingerprint density at radius 2 is 2.25 bits per heavy atom. The highest BCUT2D eigenvalue weighted by atomic mass is 32.1. The summed E-state index contributed by atoms with van der Waals surface area (Å²) >= 11 is 4.90. The van der Waals surface area contributed by atoms with Crippen LogP contribution in [-0.2, 0) is 4.79 Å². The van der Waals surface area contributed by atoms with Gasteiger partial charge in [0.1, 0.15) is 10.8 Å². The van der Waals surface area contributed by atoms with Crippen molar-refractivity contribution in [2.75, 3.05) is 18.9 Å². The van der Waals surface area contributed by atoms with Gasteiger partial charge in [0.25, 0.3) is 0 Å². The SMILES string of the molecule is CNC(=O)CNc1nc(C)ccc1C(N)=S. The summed E-state index contributed by atoms with van der Waals surface area (Å²) < 4.78 is 0. The van der Waals surface area contributed by atoms with Crippen molar-refractivity contribution < 1.29 is 4.79 Å². The average molecular weight is 238 g/mol. The number of anilines is 1. The van der Waals surface area contributed by atoms with E-state index in [0.717, 1.165) is 5.69 Å². The van der Waals surface area contributed by atoms with E-state index in [1.54, 1.807) is 13.1 Å². The van der Waals surface area contributed by atoms with Crippen LogP contribution in [-0.4, -0.2) is 29.5 Å². The number of nitrogens with zero attached hydrogens (tertiary/aromatic N) is 1. The maximum Gasteiger partial charge on any atom is 0.239 e. The Balaban J connectivity index is 2.88. The van der Waals surface area contributed by atoms with Gasteiger partial charge in [0, 0.05) is 12.7 Å². The molecule has 0 unspecified atom stereocenters. The Labute approximate surface area is 99.4 Å². The first-order valence-corrected chi connectivity index (χ1v) is 5.17. The second-order valence-corrected chi connectivity index (χ2v) is 3.68.